The Labute approximate surface area is 300 Å². The average molecular weight is 732 g/mol. The predicted octanol–water partition coefficient (Wildman–Crippen LogP) is 6.27. The first kappa shape index (κ1) is 37.7. The molecule has 1 atom stereocenters. The summed E-state index contributed by atoms with van der Waals surface area (Å²) in [6, 6.07) is 6.88. The first-order valence-corrected chi connectivity index (χ1v) is 18.2. The van der Waals surface area contributed by atoms with Crippen molar-refractivity contribution in [3.8, 4) is 5.75 Å². The van der Waals surface area contributed by atoms with E-state index in [1.807, 2.05) is 12.1 Å². The molecule has 52 heavy (non-hydrogen) atoms. The van der Waals surface area contributed by atoms with Crippen LogP contribution in [0.1, 0.15) is 69.0 Å². The van der Waals surface area contributed by atoms with Crippen molar-refractivity contribution in [2.24, 2.45) is 13.0 Å². The number of aromatic nitrogens is 2. The Morgan fingerprint density at radius 1 is 1.06 bits per heavy atom. The molecule has 0 saturated carbocycles. The number of fused-ring (bicyclic) bond motifs is 1. The number of nitrogens with zero attached hydrogens (tertiary/aromatic N) is 4. The van der Waals surface area contributed by atoms with Crippen LogP contribution >= 0.6 is 0 Å². The number of hydrogen-bond donors (Lipinski definition) is 2. The van der Waals surface area contributed by atoms with Crippen LogP contribution in [0.4, 0.5) is 29.5 Å². The largest absolute Gasteiger partial charge is 0.491 e. The molecule has 15 heteroatoms. The van der Waals surface area contributed by atoms with Crippen LogP contribution in [0.25, 0.3) is 10.9 Å². The van der Waals surface area contributed by atoms with Crippen molar-refractivity contribution in [1.82, 2.24) is 14.5 Å². The third-order valence-electron chi connectivity index (χ3n) is 10.3. The zero-order chi connectivity index (χ0) is 36.8. The average Bonchev–Trinajstić information content (AvgIpc) is 3.67. The zero-order valence-corrected chi connectivity index (χ0v) is 29.8. The lowest BCUT2D eigenvalue weighted by Gasteiger charge is -2.35. The second-order valence-corrected chi connectivity index (χ2v) is 13.7. The van der Waals surface area contributed by atoms with Crippen LogP contribution in [-0.4, -0.2) is 91.2 Å². The van der Waals surface area contributed by atoms with Crippen LogP contribution in [0.5, 0.6) is 5.75 Å². The Hall–Kier alpha value is -4.08. The second kappa shape index (κ2) is 16.7. The van der Waals surface area contributed by atoms with E-state index in [0.29, 0.717) is 62.8 Å². The van der Waals surface area contributed by atoms with Crippen molar-refractivity contribution in [1.29, 1.82) is 0 Å². The number of aryl methyl sites for hydroxylation is 1. The van der Waals surface area contributed by atoms with Gasteiger partial charge in [0.25, 0.3) is 5.92 Å². The van der Waals surface area contributed by atoms with Gasteiger partial charge in [0, 0.05) is 61.8 Å². The van der Waals surface area contributed by atoms with Gasteiger partial charge in [-0.25, -0.2) is 22.8 Å². The summed E-state index contributed by atoms with van der Waals surface area (Å²) in [4.78, 5) is 32.1. The van der Waals surface area contributed by atoms with E-state index in [-0.39, 0.29) is 43.6 Å². The number of piperidine rings is 1. The topological polar surface area (TPSA) is 128 Å². The fourth-order valence-electron chi connectivity index (χ4n) is 7.27. The Kier molecular flexibility index (Phi) is 12.1. The van der Waals surface area contributed by atoms with Gasteiger partial charge in [-0.3, -0.25) is 4.57 Å². The molecule has 4 heterocycles. The van der Waals surface area contributed by atoms with Gasteiger partial charge in [0.1, 0.15) is 17.4 Å². The normalized spacial score (nSPS) is 18.2. The van der Waals surface area contributed by atoms with Gasteiger partial charge in [-0.1, -0.05) is 31.0 Å². The lowest BCUT2D eigenvalue weighted by atomic mass is 9.85. The minimum absolute atomic E-state index is 0.0114. The van der Waals surface area contributed by atoms with Gasteiger partial charge < -0.3 is 39.2 Å². The highest BCUT2D eigenvalue weighted by molar-refractivity contribution is 5.96. The molecule has 1 aromatic heterocycles. The number of halogens is 3. The molecule has 2 N–H and O–H groups in total. The van der Waals surface area contributed by atoms with Crippen molar-refractivity contribution < 1.29 is 42.0 Å². The van der Waals surface area contributed by atoms with Crippen molar-refractivity contribution in [2.75, 3.05) is 69.4 Å². The molecule has 3 fully saturated rings. The summed E-state index contributed by atoms with van der Waals surface area (Å²) in [7, 11) is 1.62. The molecule has 0 radical (unpaired) electrons. The number of alkyl halides is 2. The molecule has 0 spiro atoms. The van der Waals surface area contributed by atoms with E-state index < -0.39 is 41.0 Å². The summed E-state index contributed by atoms with van der Waals surface area (Å²) in [5.74, 6) is -5.10. The van der Waals surface area contributed by atoms with Crippen molar-refractivity contribution in [3.05, 3.63) is 57.8 Å². The summed E-state index contributed by atoms with van der Waals surface area (Å²) in [6.07, 6.45) is 3.17. The van der Waals surface area contributed by atoms with Gasteiger partial charge in [0.05, 0.1) is 50.2 Å². The number of ether oxygens (including phenoxy) is 4. The summed E-state index contributed by atoms with van der Waals surface area (Å²) >= 11 is 0. The van der Waals surface area contributed by atoms with Crippen LogP contribution in [0, 0.1) is 11.7 Å². The molecule has 0 bridgehead atoms. The lowest BCUT2D eigenvalue weighted by Crippen LogP contribution is -2.42. The van der Waals surface area contributed by atoms with Crippen LogP contribution in [0.15, 0.2) is 35.1 Å². The van der Waals surface area contributed by atoms with E-state index in [4.69, 9.17) is 18.9 Å². The summed E-state index contributed by atoms with van der Waals surface area (Å²) in [6.45, 7) is 5.67. The Bertz CT molecular complexity index is 1760. The number of anilines is 2. The number of likely N-dealkylation sites (tertiary alicyclic amines) is 1. The molecular weight excluding hydrogens is 683 g/mol. The van der Waals surface area contributed by atoms with Crippen molar-refractivity contribution in [3.63, 3.8) is 0 Å². The number of morpholine rings is 1. The van der Waals surface area contributed by atoms with Crippen LogP contribution in [0.2, 0.25) is 0 Å². The monoisotopic (exact) mass is 731 g/mol. The summed E-state index contributed by atoms with van der Waals surface area (Å²) < 4.78 is 72.1. The fourth-order valence-corrected chi connectivity index (χ4v) is 7.27. The second-order valence-electron chi connectivity index (χ2n) is 13.7. The molecule has 284 valence electrons. The highest BCUT2D eigenvalue weighted by atomic mass is 19.3. The quantitative estimate of drug-likeness (QED) is 0.183. The smallest absolute Gasteiger partial charge is 0.407 e. The number of carboxylic acid groups (broad SMARTS) is 1. The van der Waals surface area contributed by atoms with E-state index in [2.05, 4.69) is 15.2 Å². The van der Waals surface area contributed by atoms with Crippen molar-refractivity contribution in [2.45, 2.75) is 70.1 Å². The maximum absolute atomic E-state index is 16.1. The van der Waals surface area contributed by atoms with Crippen LogP contribution in [-0.2, 0) is 27.2 Å². The third kappa shape index (κ3) is 8.42. The van der Waals surface area contributed by atoms with Gasteiger partial charge in [0.2, 0.25) is 0 Å². The zero-order valence-electron chi connectivity index (χ0n) is 29.8. The Morgan fingerprint density at radius 3 is 2.48 bits per heavy atom. The molecule has 1 unspecified atom stereocenters. The van der Waals surface area contributed by atoms with Gasteiger partial charge in [0.15, 0.2) is 6.29 Å². The Morgan fingerprint density at radius 2 is 1.77 bits per heavy atom. The predicted molar refractivity (Wildman–Crippen MR) is 189 cm³/mol. The van der Waals surface area contributed by atoms with Crippen LogP contribution in [0.3, 0.4) is 0 Å². The molecular formula is C37H48F3N5O7. The number of amides is 1. The molecule has 3 aliphatic heterocycles. The first-order valence-electron chi connectivity index (χ1n) is 18.2. The third-order valence-corrected chi connectivity index (χ3v) is 10.3. The number of unbranched alkanes of at least 4 members (excludes halogenated alkanes) is 3. The van der Waals surface area contributed by atoms with Gasteiger partial charge >= 0.3 is 11.8 Å². The number of carbonyl (C=O) groups is 1. The maximum Gasteiger partial charge on any atom is 0.407 e. The molecule has 1 amide bonds. The van der Waals surface area contributed by atoms with Gasteiger partial charge in [-0.05, 0) is 45.1 Å². The number of nitrogens with one attached hydrogen (secondary N) is 1. The van der Waals surface area contributed by atoms with E-state index >= 15 is 13.2 Å². The fraction of sp³-hybridized carbons (Fsp3) is 0.595. The van der Waals surface area contributed by atoms with Gasteiger partial charge in [-0.2, -0.15) is 4.98 Å². The molecule has 12 nitrogen and oxygen atoms in total. The molecule has 6 rings (SSSR count). The molecule has 2 aromatic carbocycles. The molecule has 3 aliphatic rings. The number of benzene rings is 2. The lowest BCUT2D eigenvalue weighted by molar-refractivity contribution is -0.0861. The minimum atomic E-state index is -3.52. The van der Waals surface area contributed by atoms with E-state index in [9.17, 15) is 14.7 Å². The Balaban J connectivity index is 1.24. The minimum Gasteiger partial charge on any atom is -0.491 e. The standard InChI is InChI=1S/C37H48F3N5O7/c1-24(27-8-7-9-29(32(27)38)37(39,40)25-11-13-45(14-12-25)36(47)48)41-34-28-22-26(44-15-18-49-19-16-44)23-30(33(28)43(2)35(46)42-34)50-17-6-4-3-5-10-31-51-20-21-52-31/h7-9,22-25,31H,3-6,10-21H2,1-2H3,(H,47,48)(H,41,42,46). The molecule has 0 aliphatic carbocycles. The highest BCUT2D eigenvalue weighted by Gasteiger charge is 2.45. The van der Waals surface area contributed by atoms with Gasteiger partial charge in [-0.15, -0.1) is 0 Å². The van der Waals surface area contributed by atoms with E-state index in [1.54, 1.807) is 14.0 Å². The molecule has 3 saturated heterocycles. The van der Waals surface area contributed by atoms with Crippen LogP contribution < -0.4 is 20.6 Å². The highest BCUT2D eigenvalue weighted by Crippen LogP contribution is 2.44. The number of hydrogen-bond acceptors (Lipinski definition) is 9. The molecule has 3 aromatic rings. The maximum atomic E-state index is 16.1. The SMILES string of the molecule is CC(Nc1nc(=O)n(C)c2c(OCCCCCCC3OCCO3)cc(N3CCOCC3)cc12)c1cccc(C(F)(F)C2CCN(C(=O)O)CC2)c1F. The number of rotatable bonds is 14. The summed E-state index contributed by atoms with van der Waals surface area (Å²) in [5, 5.41) is 13.0. The summed E-state index contributed by atoms with van der Waals surface area (Å²) in [5.41, 5.74) is 0.0503. The van der Waals surface area contributed by atoms with E-state index in [0.717, 1.165) is 48.8 Å². The first-order chi connectivity index (χ1) is 25.0. The van der Waals surface area contributed by atoms with E-state index in [1.165, 1.54) is 16.7 Å². The van der Waals surface area contributed by atoms with Crippen molar-refractivity contribution >= 4 is 28.5 Å².